The van der Waals surface area contributed by atoms with E-state index < -0.39 is 0 Å². The Hall–Kier alpha value is -3.48. The van der Waals surface area contributed by atoms with Gasteiger partial charge >= 0.3 is 0 Å². The van der Waals surface area contributed by atoms with Crippen LogP contribution in [0.25, 0.3) is 11.4 Å². The third-order valence-corrected chi connectivity index (χ3v) is 6.40. The summed E-state index contributed by atoms with van der Waals surface area (Å²) in [5, 5.41) is 16.2. The molecule has 8 nitrogen and oxygen atoms in total. The van der Waals surface area contributed by atoms with E-state index in [1.807, 2.05) is 58.0 Å². The Bertz CT molecular complexity index is 1210. The van der Waals surface area contributed by atoms with Gasteiger partial charge < -0.3 is 9.64 Å². The highest BCUT2D eigenvalue weighted by atomic mass is 32.1. The van der Waals surface area contributed by atoms with Gasteiger partial charge in [0.25, 0.3) is 0 Å². The molecule has 2 aromatic carbocycles. The van der Waals surface area contributed by atoms with Crippen LogP contribution < -0.4 is 4.74 Å². The van der Waals surface area contributed by atoms with Crippen LogP contribution in [0.5, 0.6) is 5.75 Å². The van der Waals surface area contributed by atoms with Crippen molar-refractivity contribution in [3.63, 3.8) is 0 Å². The number of H-pyrrole nitrogens is 1. The summed E-state index contributed by atoms with van der Waals surface area (Å²) >= 11 is 5.42. The molecule has 0 spiro atoms. The molecule has 0 saturated carbocycles. The highest BCUT2D eigenvalue weighted by Gasteiger charge is 2.20. The lowest BCUT2D eigenvalue weighted by atomic mass is 10.1. The summed E-state index contributed by atoms with van der Waals surface area (Å²) in [7, 11) is 1.63. The van der Waals surface area contributed by atoms with Crippen molar-refractivity contribution in [1.29, 1.82) is 5.26 Å². The third kappa shape index (κ3) is 5.71. The fraction of sp³-hybridized carbons (Fsp3) is 0.360. The minimum Gasteiger partial charge on any atom is -0.497 e. The molecule has 1 aliphatic heterocycles. The van der Waals surface area contributed by atoms with Gasteiger partial charge in [-0.2, -0.15) is 10.4 Å². The summed E-state index contributed by atoms with van der Waals surface area (Å²) < 4.78 is 7.61. The first-order chi connectivity index (χ1) is 16.6. The van der Waals surface area contributed by atoms with Gasteiger partial charge in [-0.15, -0.1) is 0 Å². The number of carbonyl (C=O) groups excluding carboxylic acids is 1. The van der Waals surface area contributed by atoms with Gasteiger partial charge in [0.15, 0.2) is 10.6 Å². The Kier molecular flexibility index (Phi) is 7.72. The summed E-state index contributed by atoms with van der Waals surface area (Å²) in [6.45, 7) is 4.53. The van der Waals surface area contributed by atoms with Crippen LogP contribution in [0.1, 0.15) is 24.0 Å². The average molecular weight is 477 g/mol. The molecule has 34 heavy (non-hydrogen) atoms. The van der Waals surface area contributed by atoms with Gasteiger partial charge in [-0.05, 0) is 60.6 Å². The van der Waals surface area contributed by atoms with Gasteiger partial charge in [0.2, 0.25) is 5.91 Å². The number of ether oxygens (including phenoxy) is 1. The normalized spacial score (nSPS) is 14.4. The number of hydrogen-bond acceptors (Lipinski definition) is 6. The quantitative estimate of drug-likeness (QED) is 0.524. The number of carbonyl (C=O) groups is 1. The fourth-order valence-corrected chi connectivity index (χ4v) is 4.40. The summed E-state index contributed by atoms with van der Waals surface area (Å²) in [6.07, 6.45) is 1.30. The van der Waals surface area contributed by atoms with Crippen LogP contribution in [0.3, 0.4) is 0 Å². The van der Waals surface area contributed by atoms with Gasteiger partial charge in [0.05, 0.1) is 18.7 Å². The molecular weight excluding hydrogens is 448 g/mol. The van der Waals surface area contributed by atoms with Crippen LogP contribution in [0.15, 0.2) is 48.5 Å². The minimum atomic E-state index is 0.129. The van der Waals surface area contributed by atoms with Crippen LogP contribution in [0.2, 0.25) is 0 Å². The van der Waals surface area contributed by atoms with Crippen molar-refractivity contribution < 1.29 is 9.53 Å². The Morgan fingerprint density at radius 3 is 2.59 bits per heavy atom. The zero-order valence-corrected chi connectivity index (χ0v) is 20.1. The maximum absolute atomic E-state index is 13.0. The molecule has 4 rings (SSSR count). The number of aromatic nitrogens is 3. The van der Waals surface area contributed by atoms with Crippen molar-refractivity contribution in [2.24, 2.45) is 0 Å². The SMILES string of the molecule is COc1ccc(-c2n[nH]c(=S)n2CCC(=O)N2CCCN(Cc3ccc(C#N)cc3)CC2)cc1. The standard InChI is InChI=1S/C25H28N6O2S/c1-33-22-9-7-21(8-10-22)24-27-28-25(34)31(24)14-11-23(32)30-13-2-12-29(15-16-30)18-20-5-3-19(17-26)4-6-20/h3-10H,2,11-16,18H2,1H3,(H,28,34). The molecule has 1 amide bonds. The maximum Gasteiger partial charge on any atom is 0.224 e. The number of aromatic amines is 1. The van der Waals surface area contributed by atoms with Crippen LogP contribution in [-0.4, -0.2) is 63.8 Å². The molecule has 0 radical (unpaired) electrons. The molecule has 2 heterocycles. The average Bonchev–Trinajstić information content (AvgIpc) is 3.08. The molecule has 0 aliphatic carbocycles. The molecule has 1 saturated heterocycles. The largest absolute Gasteiger partial charge is 0.497 e. The molecule has 9 heteroatoms. The first kappa shape index (κ1) is 23.7. The first-order valence-corrected chi connectivity index (χ1v) is 11.8. The molecule has 1 aliphatic rings. The highest BCUT2D eigenvalue weighted by Crippen LogP contribution is 2.21. The van der Waals surface area contributed by atoms with Crippen molar-refractivity contribution in [3.05, 3.63) is 64.4 Å². The van der Waals surface area contributed by atoms with Gasteiger partial charge in [-0.1, -0.05) is 12.1 Å². The molecule has 1 fully saturated rings. The van der Waals surface area contributed by atoms with Gasteiger partial charge in [0, 0.05) is 51.3 Å². The molecule has 3 aromatic rings. The zero-order valence-electron chi connectivity index (χ0n) is 19.2. The van der Waals surface area contributed by atoms with Gasteiger partial charge in [-0.25, -0.2) is 0 Å². The topological polar surface area (TPSA) is 90.2 Å². The molecule has 1 aromatic heterocycles. The lowest BCUT2D eigenvalue weighted by Gasteiger charge is -2.22. The summed E-state index contributed by atoms with van der Waals surface area (Å²) in [5.74, 6) is 1.61. The fourth-order valence-electron chi connectivity index (χ4n) is 4.17. The monoisotopic (exact) mass is 476 g/mol. The molecule has 0 bridgehead atoms. The second kappa shape index (κ2) is 11.1. The van der Waals surface area contributed by atoms with E-state index >= 15 is 0 Å². The van der Waals surface area contributed by atoms with Crippen LogP contribution >= 0.6 is 12.2 Å². The van der Waals surface area contributed by atoms with Crippen LogP contribution in [0.4, 0.5) is 0 Å². The van der Waals surface area contributed by atoms with E-state index in [1.165, 1.54) is 5.56 Å². The number of nitrogens with one attached hydrogen (secondary N) is 1. The van der Waals surface area contributed by atoms with Gasteiger partial charge in [0.1, 0.15) is 5.75 Å². The number of amides is 1. The van der Waals surface area contributed by atoms with Crippen LogP contribution in [0, 0.1) is 16.1 Å². The Morgan fingerprint density at radius 2 is 1.88 bits per heavy atom. The Labute approximate surface area is 204 Å². The van der Waals surface area contributed by atoms with Crippen molar-refractivity contribution >= 4 is 18.1 Å². The van der Waals surface area contributed by atoms with Gasteiger partial charge in [-0.3, -0.25) is 19.4 Å². The van der Waals surface area contributed by atoms with E-state index in [2.05, 4.69) is 21.2 Å². The van der Waals surface area contributed by atoms with E-state index in [1.54, 1.807) is 7.11 Å². The number of nitriles is 1. The summed E-state index contributed by atoms with van der Waals surface area (Å²) in [4.78, 5) is 17.3. The number of rotatable bonds is 7. The molecule has 1 N–H and O–H groups in total. The maximum atomic E-state index is 13.0. The number of benzene rings is 2. The minimum absolute atomic E-state index is 0.129. The third-order valence-electron chi connectivity index (χ3n) is 6.09. The molecule has 0 atom stereocenters. The summed E-state index contributed by atoms with van der Waals surface area (Å²) in [6, 6.07) is 17.5. The number of methoxy groups -OCH3 is 1. The molecule has 176 valence electrons. The van der Waals surface area contributed by atoms with E-state index in [0.29, 0.717) is 35.7 Å². The molecule has 0 unspecified atom stereocenters. The van der Waals surface area contributed by atoms with Crippen molar-refractivity contribution in [2.75, 3.05) is 33.3 Å². The first-order valence-electron chi connectivity index (χ1n) is 11.4. The predicted molar refractivity (Wildman–Crippen MR) is 132 cm³/mol. The van der Waals surface area contributed by atoms with E-state index in [0.717, 1.165) is 43.9 Å². The summed E-state index contributed by atoms with van der Waals surface area (Å²) in [5.41, 5.74) is 2.76. The van der Waals surface area contributed by atoms with Crippen LogP contribution in [-0.2, 0) is 17.9 Å². The Morgan fingerprint density at radius 1 is 1.12 bits per heavy atom. The second-order valence-electron chi connectivity index (χ2n) is 8.30. The van der Waals surface area contributed by atoms with E-state index in [-0.39, 0.29) is 5.91 Å². The lowest BCUT2D eigenvalue weighted by Crippen LogP contribution is -2.35. The van der Waals surface area contributed by atoms with Crippen molar-refractivity contribution in [1.82, 2.24) is 24.6 Å². The van der Waals surface area contributed by atoms with Crippen molar-refractivity contribution in [2.45, 2.75) is 25.9 Å². The zero-order chi connectivity index (χ0) is 23.9. The van der Waals surface area contributed by atoms with E-state index in [9.17, 15) is 4.79 Å². The predicted octanol–water partition coefficient (Wildman–Crippen LogP) is 3.61. The smallest absolute Gasteiger partial charge is 0.224 e. The highest BCUT2D eigenvalue weighted by molar-refractivity contribution is 7.71. The second-order valence-corrected chi connectivity index (χ2v) is 8.69. The molecular formula is C25H28N6O2S. The van der Waals surface area contributed by atoms with E-state index in [4.69, 9.17) is 22.2 Å². The number of hydrogen-bond donors (Lipinski definition) is 1. The Balaban J connectivity index is 1.33. The lowest BCUT2D eigenvalue weighted by molar-refractivity contribution is -0.131. The number of nitrogens with zero attached hydrogens (tertiary/aromatic N) is 5. The van der Waals surface area contributed by atoms with Crippen molar-refractivity contribution in [3.8, 4) is 23.2 Å².